The van der Waals surface area contributed by atoms with Gasteiger partial charge in [-0.05, 0) is 55.3 Å². The van der Waals surface area contributed by atoms with Crippen molar-refractivity contribution in [2.75, 3.05) is 19.8 Å². The Bertz CT molecular complexity index is 955. The molecule has 1 N–H and O–H groups in total. The van der Waals surface area contributed by atoms with Crippen LogP contribution in [0.25, 0.3) is 0 Å². The number of nitrogens with zero attached hydrogens (tertiary/aromatic N) is 1. The molecule has 0 radical (unpaired) electrons. The fourth-order valence-electron chi connectivity index (χ4n) is 2.91. The summed E-state index contributed by atoms with van der Waals surface area (Å²) >= 11 is 12.5. The lowest BCUT2D eigenvalue weighted by Gasteiger charge is -2.15. The number of halogens is 2. The maximum Gasteiger partial charge on any atom is 0.213 e. The molecule has 0 spiro atoms. The van der Waals surface area contributed by atoms with E-state index in [9.17, 15) is 0 Å². The summed E-state index contributed by atoms with van der Waals surface area (Å²) in [7, 11) is 0. The van der Waals surface area contributed by atoms with Crippen molar-refractivity contribution in [3.63, 3.8) is 0 Å². The van der Waals surface area contributed by atoms with E-state index in [0.29, 0.717) is 53.8 Å². The molecule has 0 aliphatic carbocycles. The van der Waals surface area contributed by atoms with Crippen LogP contribution in [0.5, 0.6) is 17.4 Å². The fourth-order valence-corrected chi connectivity index (χ4v) is 3.34. The van der Waals surface area contributed by atoms with E-state index < -0.39 is 0 Å². The van der Waals surface area contributed by atoms with Gasteiger partial charge >= 0.3 is 0 Å². The maximum absolute atomic E-state index is 6.50. The molecule has 0 aliphatic rings. The van der Waals surface area contributed by atoms with Crippen LogP contribution in [0.3, 0.4) is 0 Å². The van der Waals surface area contributed by atoms with Gasteiger partial charge < -0.3 is 19.5 Å². The Kier molecular flexibility index (Phi) is 9.28. The van der Waals surface area contributed by atoms with Crippen molar-refractivity contribution in [1.82, 2.24) is 10.3 Å². The topological polar surface area (TPSA) is 52.6 Å². The molecule has 0 fully saturated rings. The molecule has 31 heavy (non-hydrogen) atoms. The minimum absolute atomic E-state index is 0.380. The predicted octanol–water partition coefficient (Wildman–Crippen LogP) is 5.92. The van der Waals surface area contributed by atoms with Gasteiger partial charge in [-0.2, -0.15) is 0 Å². The Labute approximate surface area is 193 Å². The number of benzene rings is 2. The largest absolute Gasteiger partial charge is 0.490 e. The van der Waals surface area contributed by atoms with E-state index in [4.69, 9.17) is 37.4 Å². The van der Waals surface area contributed by atoms with Gasteiger partial charge in [0.05, 0.1) is 13.2 Å². The van der Waals surface area contributed by atoms with Gasteiger partial charge in [0.1, 0.15) is 6.61 Å². The van der Waals surface area contributed by atoms with Crippen LogP contribution in [0.2, 0.25) is 10.0 Å². The molecule has 1 aromatic heterocycles. The Morgan fingerprint density at radius 3 is 2.58 bits per heavy atom. The van der Waals surface area contributed by atoms with Crippen LogP contribution in [0, 0.1) is 0 Å². The van der Waals surface area contributed by atoms with Gasteiger partial charge in [0.15, 0.2) is 11.5 Å². The lowest BCUT2D eigenvalue weighted by molar-refractivity contribution is 0.269. The summed E-state index contributed by atoms with van der Waals surface area (Å²) in [5.74, 6) is 1.92. The number of pyridine rings is 1. The van der Waals surface area contributed by atoms with Crippen LogP contribution < -0.4 is 19.5 Å². The number of hydrogen-bond donors (Lipinski definition) is 1. The molecule has 1 heterocycles. The van der Waals surface area contributed by atoms with Crippen LogP contribution in [-0.2, 0) is 13.2 Å². The maximum atomic E-state index is 6.50. The van der Waals surface area contributed by atoms with Crippen LogP contribution in [-0.4, -0.2) is 24.7 Å². The molecule has 0 bridgehead atoms. The molecule has 0 saturated carbocycles. The van der Waals surface area contributed by atoms with Crippen molar-refractivity contribution in [2.45, 2.75) is 26.5 Å². The van der Waals surface area contributed by atoms with Crippen molar-refractivity contribution < 1.29 is 14.2 Å². The van der Waals surface area contributed by atoms with Crippen molar-refractivity contribution in [3.8, 4) is 17.4 Å². The first-order valence-electron chi connectivity index (χ1n) is 10.2. The van der Waals surface area contributed by atoms with Crippen molar-refractivity contribution in [2.24, 2.45) is 0 Å². The van der Waals surface area contributed by atoms with Crippen LogP contribution in [0.15, 0.2) is 60.8 Å². The highest BCUT2D eigenvalue weighted by Crippen LogP contribution is 2.34. The van der Waals surface area contributed by atoms with Gasteiger partial charge in [-0.1, -0.05) is 41.4 Å². The Morgan fingerprint density at radius 2 is 1.81 bits per heavy atom. The normalized spacial score (nSPS) is 10.7. The molecular formula is C24H26Cl2N2O3. The average Bonchev–Trinajstić information content (AvgIpc) is 2.77. The Morgan fingerprint density at radius 1 is 0.935 bits per heavy atom. The zero-order valence-corrected chi connectivity index (χ0v) is 19.0. The van der Waals surface area contributed by atoms with Gasteiger partial charge in [-0.15, -0.1) is 0 Å². The fraction of sp³-hybridized carbons (Fsp3) is 0.292. The van der Waals surface area contributed by atoms with E-state index in [0.717, 1.165) is 24.1 Å². The highest BCUT2D eigenvalue weighted by Gasteiger charge is 2.12. The standard InChI is InChI=1S/C24H26Cl2N2O3/c1-2-29-22-14-19(16-27-10-6-12-30-24-9-3-4-11-28-24)21(26)15-23(22)31-17-18-7-5-8-20(25)13-18/h3-5,7-9,11,13-15,27H,2,6,10,12,16-17H2,1H3. The van der Waals surface area contributed by atoms with E-state index in [1.165, 1.54) is 0 Å². The zero-order valence-electron chi connectivity index (χ0n) is 17.4. The van der Waals surface area contributed by atoms with Crippen molar-refractivity contribution >= 4 is 23.2 Å². The highest BCUT2D eigenvalue weighted by atomic mass is 35.5. The Balaban J connectivity index is 1.51. The molecule has 5 nitrogen and oxygen atoms in total. The molecule has 3 aromatic rings. The molecule has 0 amide bonds. The van der Waals surface area contributed by atoms with E-state index in [-0.39, 0.29) is 0 Å². The number of ether oxygens (including phenoxy) is 3. The zero-order chi connectivity index (χ0) is 21.9. The van der Waals surface area contributed by atoms with Crippen molar-refractivity contribution in [1.29, 1.82) is 0 Å². The first kappa shape index (κ1) is 23.2. The summed E-state index contributed by atoms with van der Waals surface area (Å²) in [6.45, 7) is 4.86. The first-order valence-corrected chi connectivity index (χ1v) is 11.0. The number of rotatable bonds is 12. The molecule has 0 saturated heterocycles. The monoisotopic (exact) mass is 460 g/mol. The predicted molar refractivity (Wildman–Crippen MR) is 124 cm³/mol. The third kappa shape index (κ3) is 7.62. The van der Waals surface area contributed by atoms with Gasteiger partial charge in [-0.25, -0.2) is 4.98 Å². The third-order valence-electron chi connectivity index (χ3n) is 4.40. The third-order valence-corrected chi connectivity index (χ3v) is 4.98. The lowest BCUT2D eigenvalue weighted by Crippen LogP contribution is -2.17. The molecule has 3 rings (SSSR count). The van der Waals surface area contributed by atoms with E-state index >= 15 is 0 Å². The van der Waals surface area contributed by atoms with E-state index in [1.54, 1.807) is 12.3 Å². The summed E-state index contributed by atoms with van der Waals surface area (Å²) in [4.78, 5) is 4.14. The number of nitrogens with one attached hydrogen (secondary N) is 1. The average molecular weight is 461 g/mol. The van der Waals surface area contributed by atoms with Crippen molar-refractivity contribution in [3.05, 3.63) is 82.0 Å². The molecule has 0 unspecified atom stereocenters. The molecule has 2 aromatic carbocycles. The molecule has 7 heteroatoms. The SMILES string of the molecule is CCOc1cc(CNCCCOc2ccccn2)c(Cl)cc1OCc1cccc(Cl)c1. The van der Waals surface area contributed by atoms with Crippen LogP contribution in [0.1, 0.15) is 24.5 Å². The molecule has 164 valence electrons. The quantitative estimate of drug-likeness (QED) is 0.339. The summed E-state index contributed by atoms with van der Waals surface area (Å²) in [6, 6.07) is 16.9. The minimum Gasteiger partial charge on any atom is -0.490 e. The summed E-state index contributed by atoms with van der Waals surface area (Å²) < 4.78 is 17.3. The second kappa shape index (κ2) is 12.4. The summed E-state index contributed by atoms with van der Waals surface area (Å²) in [6.07, 6.45) is 2.57. The highest BCUT2D eigenvalue weighted by molar-refractivity contribution is 6.31. The van der Waals surface area contributed by atoms with Crippen LogP contribution in [0.4, 0.5) is 0 Å². The van der Waals surface area contributed by atoms with Gasteiger partial charge in [0, 0.05) is 34.9 Å². The van der Waals surface area contributed by atoms with Gasteiger partial charge in [0.2, 0.25) is 5.88 Å². The second-order valence-corrected chi connectivity index (χ2v) is 7.63. The van der Waals surface area contributed by atoms with Gasteiger partial charge in [0.25, 0.3) is 0 Å². The molecule has 0 atom stereocenters. The number of hydrogen-bond acceptors (Lipinski definition) is 5. The van der Waals surface area contributed by atoms with E-state index in [1.807, 2.05) is 55.5 Å². The minimum atomic E-state index is 0.380. The molecule has 0 aliphatic heterocycles. The van der Waals surface area contributed by atoms with E-state index in [2.05, 4.69) is 10.3 Å². The number of aromatic nitrogens is 1. The van der Waals surface area contributed by atoms with Crippen LogP contribution >= 0.6 is 23.2 Å². The summed E-state index contributed by atoms with van der Waals surface area (Å²) in [5.41, 5.74) is 1.93. The smallest absolute Gasteiger partial charge is 0.213 e. The second-order valence-electron chi connectivity index (χ2n) is 6.79. The lowest BCUT2D eigenvalue weighted by atomic mass is 10.2. The Hall–Kier alpha value is -2.47. The first-order chi connectivity index (χ1) is 15.2. The molecular weight excluding hydrogens is 435 g/mol. The van der Waals surface area contributed by atoms with Gasteiger partial charge in [-0.3, -0.25) is 0 Å². The summed E-state index contributed by atoms with van der Waals surface area (Å²) in [5, 5.41) is 4.69.